The van der Waals surface area contributed by atoms with Crippen LogP contribution < -0.4 is 4.74 Å². The molecule has 1 amide bonds. The van der Waals surface area contributed by atoms with Gasteiger partial charge in [0.2, 0.25) is 0 Å². The number of benzene rings is 3. The molecule has 6 heteroatoms. The third-order valence-electron chi connectivity index (χ3n) is 5.57. The van der Waals surface area contributed by atoms with Crippen molar-refractivity contribution in [2.45, 2.75) is 26.8 Å². The highest BCUT2D eigenvalue weighted by atomic mass is 19.1. The number of hydrogen-bond acceptors (Lipinski definition) is 3. The van der Waals surface area contributed by atoms with E-state index in [-0.39, 0.29) is 11.7 Å². The van der Waals surface area contributed by atoms with Crippen LogP contribution in [-0.4, -0.2) is 34.0 Å². The molecule has 5 nitrogen and oxygen atoms in total. The summed E-state index contributed by atoms with van der Waals surface area (Å²) >= 11 is 0. The van der Waals surface area contributed by atoms with E-state index in [0.29, 0.717) is 24.2 Å². The molecule has 0 saturated heterocycles. The Kier molecular flexibility index (Phi) is 6.21. The third-order valence-corrected chi connectivity index (χ3v) is 5.57. The van der Waals surface area contributed by atoms with Crippen molar-refractivity contribution in [2.75, 3.05) is 13.7 Å². The molecule has 0 aliphatic rings. The van der Waals surface area contributed by atoms with E-state index >= 15 is 0 Å². The number of methoxy groups -OCH3 is 1. The minimum Gasteiger partial charge on any atom is -0.497 e. The van der Waals surface area contributed by atoms with Gasteiger partial charge in [0.05, 0.1) is 24.7 Å². The number of para-hydroxylation sites is 2. The van der Waals surface area contributed by atoms with Crippen LogP contribution in [0.5, 0.6) is 5.75 Å². The molecular formula is C26H26FN3O2. The van der Waals surface area contributed by atoms with Crippen molar-refractivity contribution in [3.8, 4) is 11.4 Å². The first-order chi connectivity index (χ1) is 15.5. The normalized spacial score (nSPS) is 11.0. The lowest BCUT2D eigenvalue weighted by Gasteiger charge is -2.23. The smallest absolute Gasteiger partial charge is 0.254 e. The van der Waals surface area contributed by atoms with E-state index in [1.165, 1.54) is 6.07 Å². The summed E-state index contributed by atoms with van der Waals surface area (Å²) in [6.45, 7) is 4.51. The molecule has 4 aromatic rings. The summed E-state index contributed by atoms with van der Waals surface area (Å²) in [6, 6.07) is 20.3. The predicted octanol–water partition coefficient (Wildman–Crippen LogP) is 5.53. The zero-order valence-electron chi connectivity index (χ0n) is 18.5. The molecule has 1 aromatic heterocycles. The number of fused-ring (bicyclic) bond motifs is 1. The summed E-state index contributed by atoms with van der Waals surface area (Å²) in [7, 11) is 1.63. The molecular weight excluding hydrogens is 405 g/mol. The second-order valence-electron chi connectivity index (χ2n) is 7.69. The minimum atomic E-state index is -0.377. The van der Waals surface area contributed by atoms with Gasteiger partial charge in [-0.2, -0.15) is 0 Å². The Morgan fingerprint density at radius 1 is 1.06 bits per heavy atom. The summed E-state index contributed by atoms with van der Waals surface area (Å²) in [5.41, 5.74) is 3.48. The van der Waals surface area contributed by atoms with Crippen LogP contribution in [0.1, 0.15) is 35.1 Å². The van der Waals surface area contributed by atoms with Crippen LogP contribution in [0.4, 0.5) is 4.39 Å². The third kappa shape index (κ3) is 4.08. The Hall–Kier alpha value is -3.67. The Bertz CT molecular complexity index is 1250. The average Bonchev–Trinajstić information content (AvgIpc) is 3.18. The van der Waals surface area contributed by atoms with Gasteiger partial charge in [0.25, 0.3) is 5.91 Å². The zero-order chi connectivity index (χ0) is 22.7. The number of carbonyl (C=O) groups is 1. The van der Waals surface area contributed by atoms with Gasteiger partial charge in [-0.1, -0.05) is 25.1 Å². The van der Waals surface area contributed by atoms with Gasteiger partial charge < -0.3 is 9.64 Å². The Balaban J connectivity index is 1.77. The van der Waals surface area contributed by atoms with E-state index in [4.69, 9.17) is 9.72 Å². The van der Waals surface area contributed by atoms with Gasteiger partial charge in [-0.25, -0.2) is 9.37 Å². The van der Waals surface area contributed by atoms with Crippen molar-refractivity contribution in [1.82, 2.24) is 14.5 Å². The highest BCUT2D eigenvalue weighted by Gasteiger charge is 2.22. The molecule has 0 aliphatic heterocycles. The van der Waals surface area contributed by atoms with Crippen molar-refractivity contribution < 1.29 is 13.9 Å². The molecule has 0 saturated carbocycles. The highest BCUT2D eigenvalue weighted by Crippen LogP contribution is 2.25. The molecule has 0 N–H and O–H groups in total. The number of ether oxygens (including phenoxy) is 1. The zero-order valence-corrected chi connectivity index (χ0v) is 18.5. The number of amides is 1. The van der Waals surface area contributed by atoms with E-state index in [0.717, 1.165) is 34.7 Å². The second kappa shape index (κ2) is 9.22. The van der Waals surface area contributed by atoms with Crippen LogP contribution in [-0.2, 0) is 6.54 Å². The molecule has 0 radical (unpaired) electrons. The molecule has 1 heterocycles. The number of rotatable bonds is 7. The molecule has 3 aromatic carbocycles. The van der Waals surface area contributed by atoms with Crippen molar-refractivity contribution >= 4 is 16.9 Å². The molecule has 0 spiro atoms. The van der Waals surface area contributed by atoms with Gasteiger partial charge in [-0.15, -0.1) is 0 Å². The van der Waals surface area contributed by atoms with Crippen molar-refractivity contribution in [2.24, 2.45) is 0 Å². The van der Waals surface area contributed by atoms with Crippen LogP contribution in [0.3, 0.4) is 0 Å². The van der Waals surface area contributed by atoms with Crippen molar-refractivity contribution in [3.63, 3.8) is 0 Å². The first kappa shape index (κ1) is 21.6. The topological polar surface area (TPSA) is 47.4 Å². The van der Waals surface area contributed by atoms with Crippen molar-refractivity contribution in [1.29, 1.82) is 0 Å². The molecule has 4 rings (SSSR count). The number of carbonyl (C=O) groups excluding carboxylic acids is 1. The maximum Gasteiger partial charge on any atom is 0.254 e. The Morgan fingerprint density at radius 3 is 2.53 bits per heavy atom. The number of hydrogen-bond donors (Lipinski definition) is 0. The summed E-state index contributed by atoms with van der Waals surface area (Å²) in [4.78, 5) is 19.9. The fourth-order valence-electron chi connectivity index (χ4n) is 3.90. The van der Waals surface area contributed by atoms with E-state index < -0.39 is 0 Å². The van der Waals surface area contributed by atoms with Crippen molar-refractivity contribution in [3.05, 3.63) is 89.5 Å². The molecule has 32 heavy (non-hydrogen) atoms. The Morgan fingerprint density at radius 2 is 1.81 bits per heavy atom. The maximum atomic E-state index is 14.1. The number of nitrogens with zero attached hydrogens (tertiary/aromatic N) is 3. The van der Waals surface area contributed by atoms with Gasteiger partial charge in [-0.05, 0) is 67.4 Å². The largest absolute Gasteiger partial charge is 0.497 e. The summed E-state index contributed by atoms with van der Waals surface area (Å²) in [6.07, 6.45) is 0.781. The highest BCUT2D eigenvalue weighted by molar-refractivity contribution is 5.95. The maximum absolute atomic E-state index is 14.1. The number of aromatic nitrogens is 2. The van der Waals surface area contributed by atoms with Crippen LogP contribution in [0.2, 0.25) is 0 Å². The quantitative estimate of drug-likeness (QED) is 0.386. The molecule has 0 unspecified atom stereocenters. The molecule has 164 valence electrons. The fraction of sp³-hybridized carbons (Fsp3) is 0.231. The van der Waals surface area contributed by atoms with Gasteiger partial charge in [0, 0.05) is 17.8 Å². The van der Waals surface area contributed by atoms with Gasteiger partial charge in [0.1, 0.15) is 17.4 Å². The monoisotopic (exact) mass is 431 g/mol. The van der Waals surface area contributed by atoms with Gasteiger partial charge >= 0.3 is 0 Å². The lowest BCUT2D eigenvalue weighted by atomic mass is 10.1. The van der Waals surface area contributed by atoms with Crippen LogP contribution in [0, 0.1) is 12.7 Å². The standard InChI is InChI=1S/C26H26FN3O2/c1-4-16-29(26(31)21-8-7-9-22(27)18(21)2)17-25-28-23-10-5-6-11-24(23)30(25)19-12-14-20(32-3)15-13-19/h5-15H,4,16-17H2,1-3H3. The molecule has 0 atom stereocenters. The van der Waals surface area contributed by atoms with Crippen LogP contribution in [0.25, 0.3) is 16.7 Å². The number of imidazole rings is 1. The average molecular weight is 432 g/mol. The fourth-order valence-corrected chi connectivity index (χ4v) is 3.90. The first-order valence-corrected chi connectivity index (χ1v) is 10.7. The molecule has 0 fully saturated rings. The van der Waals surface area contributed by atoms with E-state index in [1.807, 2.05) is 55.5 Å². The SMILES string of the molecule is CCCN(Cc1nc2ccccc2n1-c1ccc(OC)cc1)C(=O)c1cccc(F)c1C. The van der Waals surface area contributed by atoms with Gasteiger partial charge in [0.15, 0.2) is 0 Å². The lowest BCUT2D eigenvalue weighted by Crippen LogP contribution is -2.33. The second-order valence-corrected chi connectivity index (χ2v) is 7.69. The predicted molar refractivity (Wildman–Crippen MR) is 124 cm³/mol. The van der Waals surface area contributed by atoms with E-state index in [9.17, 15) is 9.18 Å². The van der Waals surface area contributed by atoms with Crippen LogP contribution in [0.15, 0.2) is 66.7 Å². The summed E-state index contributed by atoms with van der Waals surface area (Å²) in [5, 5.41) is 0. The van der Waals surface area contributed by atoms with Gasteiger partial charge in [-0.3, -0.25) is 9.36 Å². The minimum absolute atomic E-state index is 0.197. The molecule has 0 bridgehead atoms. The summed E-state index contributed by atoms with van der Waals surface area (Å²) in [5.74, 6) is 0.936. The number of halogens is 1. The van der Waals surface area contributed by atoms with Crippen LogP contribution >= 0.6 is 0 Å². The Labute approximate surface area is 187 Å². The first-order valence-electron chi connectivity index (χ1n) is 10.7. The summed E-state index contributed by atoms with van der Waals surface area (Å²) < 4.78 is 21.5. The lowest BCUT2D eigenvalue weighted by molar-refractivity contribution is 0.0737. The van der Waals surface area contributed by atoms with E-state index in [2.05, 4.69) is 4.57 Å². The molecule has 0 aliphatic carbocycles. The van der Waals surface area contributed by atoms with E-state index in [1.54, 1.807) is 31.1 Å².